The van der Waals surface area contributed by atoms with Gasteiger partial charge in [-0.05, 0) is 58.9 Å². The molecule has 1 aliphatic carbocycles. The van der Waals surface area contributed by atoms with Gasteiger partial charge < -0.3 is 10.2 Å². The number of nitrogens with one attached hydrogen (secondary N) is 1. The third-order valence-electron chi connectivity index (χ3n) is 6.61. The van der Waals surface area contributed by atoms with Crippen molar-refractivity contribution in [3.63, 3.8) is 0 Å². The molecule has 1 saturated heterocycles. The number of fused-ring (bicyclic) bond motifs is 1. The minimum atomic E-state index is 0.0622. The Morgan fingerprint density at radius 1 is 1.23 bits per heavy atom. The van der Waals surface area contributed by atoms with Crippen LogP contribution in [0.2, 0.25) is 0 Å². The first-order chi connectivity index (χ1) is 14.3. The van der Waals surface area contributed by atoms with E-state index in [4.69, 9.17) is 10.1 Å². The van der Waals surface area contributed by atoms with Gasteiger partial charge in [-0.15, -0.1) is 0 Å². The van der Waals surface area contributed by atoms with Gasteiger partial charge in [0.25, 0.3) is 0 Å². The van der Waals surface area contributed by atoms with E-state index in [0.29, 0.717) is 18.7 Å². The molecule has 1 N–H and O–H groups in total. The van der Waals surface area contributed by atoms with E-state index in [1.54, 1.807) is 0 Å². The molecule has 2 amide bonds. The maximum atomic E-state index is 12.6. The molecule has 2 fully saturated rings. The standard InChI is InChI=1S/C23H33N5O2/c1-14(2)24-22(29)9-8-19-15(3)25-21-12-20(26-28(21)16(19)4)18-10-11-27(13-18)23(30)17-6-5-7-17/h12,14,17-18H,5-11,13H2,1-4H3,(H,24,29)/t18-/m1/s1. The van der Waals surface area contributed by atoms with Crippen molar-refractivity contribution in [2.45, 2.75) is 78.2 Å². The van der Waals surface area contributed by atoms with E-state index < -0.39 is 0 Å². The lowest BCUT2D eigenvalue weighted by molar-refractivity contribution is -0.137. The summed E-state index contributed by atoms with van der Waals surface area (Å²) >= 11 is 0. The quantitative estimate of drug-likeness (QED) is 0.793. The molecule has 1 saturated carbocycles. The monoisotopic (exact) mass is 411 g/mol. The van der Waals surface area contributed by atoms with E-state index in [9.17, 15) is 9.59 Å². The molecule has 0 bridgehead atoms. The van der Waals surface area contributed by atoms with Crippen LogP contribution in [0.4, 0.5) is 0 Å². The highest BCUT2D eigenvalue weighted by molar-refractivity contribution is 5.80. The fraction of sp³-hybridized carbons (Fsp3) is 0.652. The second-order valence-corrected chi connectivity index (χ2v) is 9.22. The van der Waals surface area contributed by atoms with E-state index in [0.717, 1.165) is 60.6 Å². The van der Waals surface area contributed by atoms with Crippen LogP contribution in [0.15, 0.2) is 6.07 Å². The van der Waals surface area contributed by atoms with Crippen LogP contribution in [0.5, 0.6) is 0 Å². The van der Waals surface area contributed by atoms with Crippen molar-refractivity contribution >= 4 is 17.5 Å². The third-order valence-corrected chi connectivity index (χ3v) is 6.61. The fourth-order valence-electron chi connectivity index (χ4n) is 4.65. The number of hydrogen-bond acceptors (Lipinski definition) is 4. The Morgan fingerprint density at radius 2 is 2.00 bits per heavy atom. The smallest absolute Gasteiger partial charge is 0.225 e. The Morgan fingerprint density at radius 3 is 2.67 bits per heavy atom. The van der Waals surface area contributed by atoms with Gasteiger partial charge in [-0.1, -0.05) is 6.42 Å². The average Bonchev–Trinajstić information content (AvgIpc) is 3.26. The molecule has 2 aromatic rings. The number of carbonyl (C=O) groups excluding carboxylic acids is 2. The molecule has 0 unspecified atom stereocenters. The van der Waals surface area contributed by atoms with Gasteiger partial charge in [0.15, 0.2) is 5.65 Å². The molecule has 4 rings (SSSR count). The van der Waals surface area contributed by atoms with Gasteiger partial charge in [0, 0.05) is 54.8 Å². The van der Waals surface area contributed by atoms with Crippen LogP contribution in [0.3, 0.4) is 0 Å². The number of carbonyl (C=O) groups is 2. The van der Waals surface area contributed by atoms with E-state index in [2.05, 4.69) is 18.3 Å². The summed E-state index contributed by atoms with van der Waals surface area (Å²) in [6, 6.07) is 2.22. The summed E-state index contributed by atoms with van der Waals surface area (Å²) in [6.07, 6.45) is 5.35. The highest BCUT2D eigenvalue weighted by atomic mass is 16.2. The minimum absolute atomic E-state index is 0.0622. The Balaban J connectivity index is 1.49. The molecule has 2 aliphatic rings. The van der Waals surface area contributed by atoms with Crippen LogP contribution in [-0.4, -0.2) is 50.4 Å². The summed E-state index contributed by atoms with van der Waals surface area (Å²) in [5.74, 6) is 0.925. The Hall–Kier alpha value is -2.44. The van der Waals surface area contributed by atoms with Gasteiger partial charge in [0.05, 0.1) is 5.69 Å². The lowest BCUT2D eigenvalue weighted by atomic mass is 9.84. The number of nitrogens with zero attached hydrogens (tertiary/aromatic N) is 4. The molecule has 1 atom stereocenters. The van der Waals surface area contributed by atoms with Crippen LogP contribution >= 0.6 is 0 Å². The van der Waals surface area contributed by atoms with Crippen LogP contribution in [0, 0.1) is 19.8 Å². The zero-order valence-corrected chi connectivity index (χ0v) is 18.6. The first kappa shape index (κ1) is 20.8. The molecule has 7 heteroatoms. The molecule has 1 aliphatic heterocycles. The van der Waals surface area contributed by atoms with Crippen molar-refractivity contribution in [2.24, 2.45) is 5.92 Å². The van der Waals surface area contributed by atoms with Gasteiger partial charge in [0.2, 0.25) is 11.8 Å². The first-order valence-electron chi connectivity index (χ1n) is 11.3. The second kappa shape index (κ2) is 8.36. The molecule has 162 valence electrons. The van der Waals surface area contributed by atoms with Crippen molar-refractivity contribution in [3.8, 4) is 0 Å². The van der Waals surface area contributed by atoms with Crippen molar-refractivity contribution in [1.29, 1.82) is 0 Å². The fourth-order valence-corrected chi connectivity index (χ4v) is 4.65. The first-order valence-corrected chi connectivity index (χ1v) is 11.3. The summed E-state index contributed by atoms with van der Waals surface area (Å²) in [5, 5.41) is 7.81. The zero-order chi connectivity index (χ0) is 21.4. The Kier molecular flexibility index (Phi) is 5.80. The normalized spacial score (nSPS) is 19.5. The van der Waals surface area contributed by atoms with Crippen molar-refractivity contribution < 1.29 is 9.59 Å². The predicted octanol–water partition coefficient (Wildman–Crippen LogP) is 2.92. The molecular weight excluding hydrogens is 378 g/mol. The number of aromatic nitrogens is 3. The highest BCUT2D eigenvalue weighted by Crippen LogP contribution is 2.33. The van der Waals surface area contributed by atoms with Crippen LogP contribution in [0.25, 0.3) is 5.65 Å². The summed E-state index contributed by atoms with van der Waals surface area (Å²) in [5.41, 5.74) is 4.95. The molecular formula is C23H33N5O2. The largest absolute Gasteiger partial charge is 0.354 e. The van der Waals surface area contributed by atoms with Crippen molar-refractivity contribution in [1.82, 2.24) is 24.8 Å². The van der Waals surface area contributed by atoms with E-state index in [1.165, 1.54) is 6.42 Å². The predicted molar refractivity (Wildman–Crippen MR) is 115 cm³/mol. The molecule has 7 nitrogen and oxygen atoms in total. The summed E-state index contributed by atoms with van der Waals surface area (Å²) in [6.45, 7) is 9.59. The highest BCUT2D eigenvalue weighted by Gasteiger charge is 2.35. The van der Waals surface area contributed by atoms with Crippen LogP contribution in [-0.2, 0) is 16.0 Å². The molecule has 30 heavy (non-hydrogen) atoms. The van der Waals surface area contributed by atoms with Gasteiger partial charge >= 0.3 is 0 Å². The number of rotatable bonds is 6. The minimum Gasteiger partial charge on any atom is -0.354 e. The Labute approximate surface area is 178 Å². The molecule has 2 aromatic heterocycles. The van der Waals surface area contributed by atoms with E-state index in [-0.39, 0.29) is 23.8 Å². The van der Waals surface area contributed by atoms with Gasteiger partial charge in [-0.25, -0.2) is 9.50 Å². The summed E-state index contributed by atoms with van der Waals surface area (Å²) in [4.78, 5) is 31.4. The lowest BCUT2D eigenvalue weighted by Gasteiger charge is -2.29. The summed E-state index contributed by atoms with van der Waals surface area (Å²) in [7, 11) is 0. The number of hydrogen-bond donors (Lipinski definition) is 1. The maximum Gasteiger partial charge on any atom is 0.225 e. The van der Waals surface area contributed by atoms with Gasteiger partial charge in [-0.3, -0.25) is 9.59 Å². The molecule has 0 radical (unpaired) electrons. The lowest BCUT2D eigenvalue weighted by Crippen LogP contribution is -2.37. The van der Waals surface area contributed by atoms with E-state index >= 15 is 0 Å². The van der Waals surface area contributed by atoms with Gasteiger partial charge in [0.1, 0.15) is 0 Å². The molecule has 0 spiro atoms. The Bertz CT molecular complexity index is 960. The topological polar surface area (TPSA) is 79.6 Å². The SMILES string of the molecule is Cc1nc2cc([C@@H]3CCN(C(=O)C4CCC4)C3)nn2c(C)c1CCC(=O)NC(C)C. The van der Waals surface area contributed by atoms with Crippen molar-refractivity contribution in [3.05, 3.63) is 28.7 Å². The second-order valence-electron chi connectivity index (χ2n) is 9.22. The van der Waals surface area contributed by atoms with Crippen LogP contribution in [0.1, 0.15) is 74.5 Å². The zero-order valence-electron chi connectivity index (χ0n) is 18.6. The van der Waals surface area contributed by atoms with Gasteiger partial charge in [-0.2, -0.15) is 5.10 Å². The van der Waals surface area contributed by atoms with E-state index in [1.807, 2.05) is 30.2 Å². The maximum absolute atomic E-state index is 12.6. The number of likely N-dealkylation sites (tertiary alicyclic amines) is 1. The number of amides is 2. The van der Waals surface area contributed by atoms with Crippen LogP contribution < -0.4 is 5.32 Å². The summed E-state index contributed by atoms with van der Waals surface area (Å²) < 4.78 is 1.91. The van der Waals surface area contributed by atoms with Crippen molar-refractivity contribution in [2.75, 3.05) is 13.1 Å². The molecule has 3 heterocycles. The third kappa shape index (κ3) is 4.07. The molecule has 0 aromatic carbocycles. The average molecular weight is 412 g/mol. The number of aryl methyl sites for hydroxylation is 2.